The van der Waals surface area contributed by atoms with Crippen LogP contribution in [0, 0.1) is 0 Å². The number of hydrogen-bond donors (Lipinski definition) is 0. The molecule has 0 aliphatic carbocycles. The Morgan fingerprint density at radius 3 is 0.781 bits per heavy atom. The van der Waals surface area contributed by atoms with Crippen LogP contribution in [0.2, 0.25) is 0 Å². The van der Waals surface area contributed by atoms with Crippen LogP contribution in [0.5, 0.6) is 0 Å². The molecule has 1 atom stereocenters. The standard InChI is InChI=1S/C67H122O6/c1-4-7-10-13-16-19-22-24-26-27-28-29-30-31-32-33-34-35-36-37-38-39-41-42-45-48-51-54-57-60-66(69)72-63-64(62-71-65(68)59-56-53-50-47-44-21-18-15-12-9-6-3)73-67(70)61-58-55-52-49-46-43-40-25-23-20-17-14-11-8-5-2/h17,20,22,24-25,27-28,40,64H,4-16,18-19,21,23,26,29-39,41-63H2,1-3H3/b20-17-,24-22-,28-27-,40-25-. The first-order chi connectivity index (χ1) is 36.0. The third-order valence-electron chi connectivity index (χ3n) is 14.3. The highest BCUT2D eigenvalue weighted by Crippen LogP contribution is 2.17. The summed E-state index contributed by atoms with van der Waals surface area (Å²) in [6, 6.07) is 0. The van der Waals surface area contributed by atoms with Crippen molar-refractivity contribution in [2.75, 3.05) is 13.2 Å². The SMILES string of the molecule is CCCCC/C=C\C/C=C\CCCCCCCC(=O)OC(COC(=O)CCCCCCCCCCCCC)COC(=O)CCCCCCCCCCCCCCCCCCC/C=C\C/C=C\CCCCCCC. The van der Waals surface area contributed by atoms with E-state index in [0.29, 0.717) is 19.3 Å². The van der Waals surface area contributed by atoms with Gasteiger partial charge in [-0.25, -0.2) is 0 Å². The molecule has 0 aliphatic heterocycles. The van der Waals surface area contributed by atoms with Gasteiger partial charge in [-0.1, -0.05) is 288 Å². The Morgan fingerprint density at radius 1 is 0.274 bits per heavy atom. The molecule has 0 radical (unpaired) electrons. The second-order valence-corrected chi connectivity index (χ2v) is 21.7. The van der Waals surface area contributed by atoms with Gasteiger partial charge in [0.05, 0.1) is 0 Å². The second kappa shape index (κ2) is 61.9. The molecule has 6 heteroatoms. The molecule has 0 aromatic rings. The van der Waals surface area contributed by atoms with E-state index in [2.05, 4.69) is 69.4 Å². The number of carbonyl (C=O) groups excluding carboxylic acids is 3. The van der Waals surface area contributed by atoms with Crippen LogP contribution in [0.1, 0.15) is 342 Å². The smallest absolute Gasteiger partial charge is 0.306 e. The lowest BCUT2D eigenvalue weighted by atomic mass is 10.0. The Balaban J connectivity index is 4.14. The van der Waals surface area contributed by atoms with E-state index in [1.807, 2.05) is 0 Å². The maximum absolute atomic E-state index is 12.9. The van der Waals surface area contributed by atoms with Gasteiger partial charge in [0.25, 0.3) is 0 Å². The van der Waals surface area contributed by atoms with Crippen molar-refractivity contribution in [1.29, 1.82) is 0 Å². The Bertz CT molecular complexity index is 1270. The third kappa shape index (κ3) is 60.1. The fraction of sp³-hybridized carbons (Fsp3) is 0.836. The van der Waals surface area contributed by atoms with Gasteiger partial charge in [0.2, 0.25) is 0 Å². The highest BCUT2D eigenvalue weighted by atomic mass is 16.6. The second-order valence-electron chi connectivity index (χ2n) is 21.7. The molecule has 0 aliphatic rings. The van der Waals surface area contributed by atoms with Crippen LogP contribution in [0.15, 0.2) is 48.6 Å². The minimum atomic E-state index is -0.777. The van der Waals surface area contributed by atoms with Crippen molar-refractivity contribution in [3.05, 3.63) is 48.6 Å². The highest BCUT2D eigenvalue weighted by Gasteiger charge is 2.19. The molecule has 0 saturated heterocycles. The molecular weight excluding hydrogens is 901 g/mol. The summed E-state index contributed by atoms with van der Waals surface area (Å²) in [5.74, 6) is -0.871. The fourth-order valence-corrected chi connectivity index (χ4v) is 9.45. The predicted octanol–water partition coefficient (Wildman–Crippen LogP) is 21.8. The zero-order chi connectivity index (χ0) is 52.9. The number of hydrogen-bond acceptors (Lipinski definition) is 6. The minimum Gasteiger partial charge on any atom is -0.462 e. The number of allylic oxidation sites excluding steroid dienone is 8. The largest absolute Gasteiger partial charge is 0.462 e. The zero-order valence-electron chi connectivity index (χ0n) is 48.9. The Hall–Kier alpha value is -2.63. The van der Waals surface area contributed by atoms with Crippen molar-refractivity contribution >= 4 is 17.9 Å². The Labute approximate surface area is 454 Å². The zero-order valence-corrected chi connectivity index (χ0v) is 48.9. The van der Waals surface area contributed by atoms with Gasteiger partial charge in [0.15, 0.2) is 6.10 Å². The lowest BCUT2D eigenvalue weighted by Crippen LogP contribution is -2.30. The number of ether oxygens (including phenoxy) is 3. The summed E-state index contributed by atoms with van der Waals surface area (Å²) in [4.78, 5) is 38.2. The molecular formula is C67H122O6. The van der Waals surface area contributed by atoms with Gasteiger partial charge < -0.3 is 14.2 Å². The summed E-state index contributed by atoms with van der Waals surface area (Å²) in [6.07, 6.45) is 77.0. The predicted molar refractivity (Wildman–Crippen MR) is 316 cm³/mol. The van der Waals surface area contributed by atoms with E-state index in [4.69, 9.17) is 14.2 Å². The minimum absolute atomic E-state index is 0.0745. The van der Waals surface area contributed by atoms with Crippen LogP contribution in [0.25, 0.3) is 0 Å². The van der Waals surface area contributed by atoms with Gasteiger partial charge in [-0.3, -0.25) is 14.4 Å². The lowest BCUT2D eigenvalue weighted by molar-refractivity contribution is -0.167. The average molecular weight is 1020 g/mol. The maximum atomic E-state index is 12.9. The van der Waals surface area contributed by atoms with E-state index in [1.165, 1.54) is 212 Å². The van der Waals surface area contributed by atoms with Gasteiger partial charge in [-0.05, 0) is 83.5 Å². The third-order valence-corrected chi connectivity index (χ3v) is 14.3. The summed E-state index contributed by atoms with van der Waals surface area (Å²) in [5.41, 5.74) is 0. The quantitative estimate of drug-likeness (QED) is 0.0261. The lowest BCUT2D eigenvalue weighted by Gasteiger charge is -2.18. The molecule has 0 rings (SSSR count). The molecule has 0 spiro atoms. The molecule has 6 nitrogen and oxygen atoms in total. The van der Waals surface area contributed by atoms with Crippen LogP contribution < -0.4 is 0 Å². The van der Waals surface area contributed by atoms with Crippen molar-refractivity contribution in [1.82, 2.24) is 0 Å². The number of rotatable bonds is 59. The Kier molecular flexibility index (Phi) is 59.7. The van der Waals surface area contributed by atoms with Gasteiger partial charge >= 0.3 is 17.9 Å². The van der Waals surface area contributed by atoms with Crippen LogP contribution >= 0.6 is 0 Å². The summed E-state index contributed by atoms with van der Waals surface area (Å²) in [7, 11) is 0. The molecule has 0 aromatic carbocycles. The monoisotopic (exact) mass is 1020 g/mol. The highest BCUT2D eigenvalue weighted by molar-refractivity contribution is 5.71. The summed E-state index contributed by atoms with van der Waals surface area (Å²) < 4.78 is 16.9. The van der Waals surface area contributed by atoms with Gasteiger partial charge in [0.1, 0.15) is 13.2 Å². The summed E-state index contributed by atoms with van der Waals surface area (Å²) in [6.45, 7) is 6.63. The van der Waals surface area contributed by atoms with Crippen LogP contribution in [0.4, 0.5) is 0 Å². The molecule has 73 heavy (non-hydrogen) atoms. The van der Waals surface area contributed by atoms with Gasteiger partial charge in [-0.2, -0.15) is 0 Å². The topological polar surface area (TPSA) is 78.9 Å². The number of unbranched alkanes of at least 4 members (excludes halogenated alkanes) is 40. The van der Waals surface area contributed by atoms with E-state index >= 15 is 0 Å². The van der Waals surface area contributed by atoms with E-state index in [0.717, 1.165) is 89.9 Å². The number of esters is 3. The molecule has 1 unspecified atom stereocenters. The van der Waals surface area contributed by atoms with E-state index in [9.17, 15) is 14.4 Å². The number of carbonyl (C=O) groups is 3. The van der Waals surface area contributed by atoms with Crippen LogP contribution in [-0.2, 0) is 28.6 Å². The normalized spacial score (nSPS) is 12.3. The molecule has 0 aromatic heterocycles. The summed E-state index contributed by atoms with van der Waals surface area (Å²) >= 11 is 0. The molecule has 0 fully saturated rings. The van der Waals surface area contributed by atoms with Crippen LogP contribution in [0.3, 0.4) is 0 Å². The van der Waals surface area contributed by atoms with Crippen molar-refractivity contribution < 1.29 is 28.6 Å². The van der Waals surface area contributed by atoms with E-state index in [-0.39, 0.29) is 31.1 Å². The van der Waals surface area contributed by atoms with Crippen molar-refractivity contribution in [3.63, 3.8) is 0 Å². The fourth-order valence-electron chi connectivity index (χ4n) is 9.45. The molecule has 0 saturated carbocycles. The van der Waals surface area contributed by atoms with E-state index < -0.39 is 6.10 Å². The van der Waals surface area contributed by atoms with Crippen molar-refractivity contribution in [2.45, 2.75) is 348 Å². The molecule has 0 heterocycles. The van der Waals surface area contributed by atoms with E-state index in [1.54, 1.807) is 0 Å². The molecule has 0 N–H and O–H groups in total. The Morgan fingerprint density at radius 2 is 0.493 bits per heavy atom. The molecule has 426 valence electrons. The van der Waals surface area contributed by atoms with Gasteiger partial charge in [-0.15, -0.1) is 0 Å². The first-order valence-electron chi connectivity index (χ1n) is 32.1. The van der Waals surface area contributed by atoms with Crippen molar-refractivity contribution in [2.24, 2.45) is 0 Å². The van der Waals surface area contributed by atoms with Crippen LogP contribution in [-0.4, -0.2) is 37.2 Å². The average Bonchev–Trinajstić information content (AvgIpc) is 3.39. The first-order valence-corrected chi connectivity index (χ1v) is 32.1. The molecule has 0 bridgehead atoms. The maximum Gasteiger partial charge on any atom is 0.306 e. The van der Waals surface area contributed by atoms with Crippen molar-refractivity contribution in [3.8, 4) is 0 Å². The molecule has 0 amide bonds. The summed E-state index contributed by atoms with van der Waals surface area (Å²) in [5, 5.41) is 0. The first kappa shape index (κ1) is 70.4. The van der Waals surface area contributed by atoms with Gasteiger partial charge in [0, 0.05) is 19.3 Å².